The van der Waals surface area contributed by atoms with Gasteiger partial charge in [-0.2, -0.15) is 5.26 Å². The van der Waals surface area contributed by atoms with Gasteiger partial charge in [-0.3, -0.25) is 4.40 Å². The molecule has 2 N–H and O–H groups in total. The van der Waals surface area contributed by atoms with E-state index in [2.05, 4.69) is 35.9 Å². The first-order chi connectivity index (χ1) is 12.2. The number of quaternary nitrogens is 1. The number of anilines is 1. The smallest absolute Gasteiger partial charge is 0.157 e. The van der Waals surface area contributed by atoms with Gasteiger partial charge in [0.2, 0.25) is 0 Å². The molecule has 0 saturated carbocycles. The van der Waals surface area contributed by atoms with Crippen molar-refractivity contribution in [3.63, 3.8) is 0 Å². The maximum Gasteiger partial charge on any atom is 0.157 e. The Labute approximate surface area is 147 Å². The van der Waals surface area contributed by atoms with Crippen LogP contribution >= 0.6 is 0 Å². The molecule has 1 aliphatic rings. The van der Waals surface area contributed by atoms with Gasteiger partial charge in [-0.25, -0.2) is 4.98 Å². The molecular weight excluding hydrogens is 310 g/mol. The minimum Gasteiger partial charge on any atom is -0.365 e. The predicted molar refractivity (Wildman–Crippen MR) is 100 cm³/mol. The van der Waals surface area contributed by atoms with Crippen LogP contribution in [0.3, 0.4) is 0 Å². The quantitative estimate of drug-likeness (QED) is 0.765. The summed E-state index contributed by atoms with van der Waals surface area (Å²) in [6.45, 7) is 1.95. The fourth-order valence-corrected chi connectivity index (χ4v) is 3.87. The fourth-order valence-electron chi connectivity index (χ4n) is 3.87. The number of nitrogens with one attached hydrogen (secondary N) is 2. The molecule has 3 aromatic rings. The van der Waals surface area contributed by atoms with Crippen LogP contribution in [-0.2, 0) is 12.8 Å². The number of hydrogen-bond acceptors (Lipinski definition) is 3. The molecule has 2 aromatic heterocycles. The van der Waals surface area contributed by atoms with Crippen molar-refractivity contribution in [3.8, 4) is 6.07 Å². The summed E-state index contributed by atoms with van der Waals surface area (Å²) in [5, 5.41) is 13.5. The van der Waals surface area contributed by atoms with Crippen molar-refractivity contribution in [2.24, 2.45) is 0 Å². The summed E-state index contributed by atoms with van der Waals surface area (Å²) in [5.41, 5.74) is 6.09. The Morgan fingerprint density at radius 3 is 2.72 bits per heavy atom. The Bertz CT molecular complexity index is 977. The lowest BCUT2D eigenvalue weighted by atomic mass is 9.89. The molecule has 0 bridgehead atoms. The summed E-state index contributed by atoms with van der Waals surface area (Å²) < 4.78 is 2.17. The third-order valence-corrected chi connectivity index (χ3v) is 5.09. The van der Waals surface area contributed by atoms with Gasteiger partial charge in [0.05, 0.1) is 43.8 Å². The summed E-state index contributed by atoms with van der Waals surface area (Å²) in [4.78, 5) is 6.21. The van der Waals surface area contributed by atoms with Gasteiger partial charge in [-0.1, -0.05) is 12.1 Å². The molecular formula is C20H24N5+. The maximum absolute atomic E-state index is 9.83. The lowest BCUT2D eigenvalue weighted by Crippen LogP contribution is -3.06. The number of likely N-dealkylation sites (N-methyl/N-ethyl adjacent to an activating group) is 1. The van der Waals surface area contributed by atoms with E-state index < -0.39 is 0 Å². The first-order valence-corrected chi connectivity index (χ1v) is 9.08. The highest BCUT2D eigenvalue weighted by molar-refractivity contribution is 5.86. The Hall–Kier alpha value is -2.58. The van der Waals surface area contributed by atoms with Crippen LogP contribution in [0.4, 0.5) is 5.82 Å². The van der Waals surface area contributed by atoms with E-state index in [1.165, 1.54) is 22.4 Å². The summed E-state index contributed by atoms with van der Waals surface area (Å²) >= 11 is 0. The second-order valence-corrected chi connectivity index (χ2v) is 7.14. The molecule has 4 rings (SSSR count). The molecule has 128 valence electrons. The van der Waals surface area contributed by atoms with Crippen molar-refractivity contribution in [2.75, 3.05) is 32.5 Å². The van der Waals surface area contributed by atoms with Gasteiger partial charge in [-0.05, 0) is 48.9 Å². The highest BCUT2D eigenvalue weighted by Crippen LogP contribution is 2.35. The Kier molecular flexibility index (Phi) is 4.06. The molecule has 0 spiro atoms. The van der Waals surface area contributed by atoms with Gasteiger partial charge in [0, 0.05) is 0 Å². The Morgan fingerprint density at radius 1 is 1.20 bits per heavy atom. The minimum atomic E-state index is 0.759. The van der Waals surface area contributed by atoms with E-state index in [9.17, 15) is 5.26 Å². The molecule has 25 heavy (non-hydrogen) atoms. The van der Waals surface area contributed by atoms with Crippen molar-refractivity contribution in [1.29, 1.82) is 5.26 Å². The molecule has 5 heteroatoms. The lowest BCUT2D eigenvalue weighted by Gasteiger charge is -2.23. The third kappa shape index (κ3) is 2.63. The predicted octanol–water partition coefficient (Wildman–Crippen LogP) is 1.79. The van der Waals surface area contributed by atoms with E-state index in [0.717, 1.165) is 60.4 Å². The van der Waals surface area contributed by atoms with Gasteiger partial charge >= 0.3 is 0 Å². The molecule has 0 aliphatic heterocycles. The largest absolute Gasteiger partial charge is 0.365 e. The molecule has 0 amide bonds. The lowest BCUT2D eigenvalue weighted by molar-refractivity contribution is -0.856. The fraction of sp³-hybridized carbons (Fsp3) is 0.400. The molecule has 5 nitrogen and oxygen atoms in total. The van der Waals surface area contributed by atoms with Crippen LogP contribution in [0.25, 0.3) is 16.7 Å². The van der Waals surface area contributed by atoms with E-state index >= 15 is 0 Å². The summed E-state index contributed by atoms with van der Waals surface area (Å²) in [6.07, 6.45) is 4.35. The van der Waals surface area contributed by atoms with E-state index in [-0.39, 0.29) is 0 Å². The molecule has 0 fully saturated rings. The number of hydrogen-bond donors (Lipinski definition) is 2. The molecule has 0 radical (unpaired) electrons. The number of nitriles is 1. The van der Waals surface area contributed by atoms with Gasteiger partial charge in [0.15, 0.2) is 5.65 Å². The van der Waals surface area contributed by atoms with Crippen LogP contribution in [0.1, 0.15) is 29.5 Å². The minimum absolute atomic E-state index is 0.759. The average Bonchev–Trinajstić information content (AvgIpc) is 3.00. The summed E-state index contributed by atoms with van der Waals surface area (Å²) in [6, 6.07) is 10.6. The molecule has 2 heterocycles. The number of nitrogens with zero attached hydrogens (tertiary/aromatic N) is 3. The van der Waals surface area contributed by atoms with Gasteiger partial charge < -0.3 is 10.2 Å². The van der Waals surface area contributed by atoms with Crippen LogP contribution < -0.4 is 10.2 Å². The van der Waals surface area contributed by atoms with Crippen LogP contribution in [0, 0.1) is 11.3 Å². The van der Waals surface area contributed by atoms with Gasteiger partial charge in [0.25, 0.3) is 0 Å². The molecule has 1 aliphatic carbocycles. The van der Waals surface area contributed by atoms with Crippen molar-refractivity contribution in [2.45, 2.75) is 25.7 Å². The third-order valence-electron chi connectivity index (χ3n) is 5.09. The zero-order valence-electron chi connectivity index (χ0n) is 14.9. The average molecular weight is 334 g/mol. The second kappa shape index (κ2) is 6.38. The van der Waals surface area contributed by atoms with Gasteiger partial charge in [-0.15, -0.1) is 0 Å². The van der Waals surface area contributed by atoms with Crippen LogP contribution in [-0.4, -0.2) is 36.6 Å². The topological polar surface area (TPSA) is 57.6 Å². The van der Waals surface area contributed by atoms with Crippen molar-refractivity contribution < 1.29 is 4.90 Å². The first kappa shape index (κ1) is 15.9. The second-order valence-electron chi connectivity index (χ2n) is 7.14. The normalized spacial score (nSPS) is 14.0. The van der Waals surface area contributed by atoms with Crippen molar-refractivity contribution in [1.82, 2.24) is 9.38 Å². The zero-order valence-corrected chi connectivity index (χ0v) is 14.9. The van der Waals surface area contributed by atoms with Gasteiger partial charge in [0.1, 0.15) is 11.9 Å². The standard InChI is InChI=1S/C20H23N5/c1-24(2)12-11-22-19-15-8-4-3-7-14(15)16(13-21)20-23-17-9-5-6-10-18(17)25(19)20/h5-6,9-10,22H,3-4,7-8,11-12H2,1-2H3/p+1. The van der Waals surface area contributed by atoms with Crippen LogP contribution in [0.15, 0.2) is 24.3 Å². The highest BCUT2D eigenvalue weighted by Gasteiger charge is 2.24. The van der Waals surface area contributed by atoms with E-state index in [1.54, 1.807) is 0 Å². The number of pyridine rings is 1. The Balaban J connectivity index is 2.00. The van der Waals surface area contributed by atoms with Crippen molar-refractivity contribution >= 4 is 22.5 Å². The highest BCUT2D eigenvalue weighted by atomic mass is 15.1. The summed E-state index contributed by atoms with van der Waals surface area (Å²) in [7, 11) is 4.33. The summed E-state index contributed by atoms with van der Waals surface area (Å²) in [5.74, 6) is 1.14. The first-order valence-electron chi connectivity index (χ1n) is 9.08. The number of para-hydroxylation sites is 2. The van der Waals surface area contributed by atoms with Crippen LogP contribution in [0.5, 0.6) is 0 Å². The van der Waals surface area contributed by atoms with E-state index in [0.29, 0.717) is 0 Å². The SMILES string of the molecule is C[NH+](C)CCNc1c2c(c(C#N)c3nc4ccccc4n13)CCCC2. The number of rotatable bonds is 4. The number of imidazole rings is 1. The number of benzene rings is 1. The molecule has 1 aromatic carbocycles. The number of fused-ring (bicyclic) bond motifs is 4. The van der Waals surface area contributed by atoms with E-state index in [4.69, 9.17) is 4.98 Å². The molecule has 0 atom stereocenters. The monoisotopic (exact) mass is 334 g/mol. The maximum atomic E-state index is 9.83. The van der Waals surface area contributed by atoms with E-state index in [1.807, 2.05) is 18.2 Å². The van der Waals surface area contributed by atoms with Crippen molar-refractivity contribution in [3.05, 3.63) is 41.0 Å². The zero-order chi connectivity index (χ0) is 17.4. The Morgan fingerprint density at radius 2 is 1.96 bits per heavy atom. The number of aromatic nitrogens is 2. The molecule has 0 saturated heterocycles. The van der Waals surface area contributed by atoms with Crippen LogP contribution in [0.2, 0.25) is 0 Å². The molecule has 0 unspecified atom stereocenters.